The molecule has 12 nitrogen and oxygen atoms in total. The molecule has 0 bridgehead atoms. The molecule has 2 heterocycles. The number of aliphatic carboxylic acids is 1. The number of pyridine rings is 1. The lowest BCUT2D eigenvalue weighted by atomic mass is 10.3. The summed E-state index contributed by atoms with van der Waals surface area (Å²) in [6.07, 6.45) is 2.31. The number of rotatable bonds is 13. The van der Waals surface area contributed by atoms with Crippen LogP contribution in [-0.4, -0.2) is 61.3 Å². The molecule has 3 rings (SSSR count). The van der Waals surface area contributed by atoms with Crippen LogP contribution >= 0.6 is 0 Å². The number of carboxylic acid groups (broad SMARTS) is 1. The molecule has 0 aliphatic rings. The zero-order valence-corrected chi connectivity index (χ0v) is 18.7. The number of carbonyl (C=O) groups is 2. The summed E-state index contributed by atoms with van der Waals surface area (Å²) < 4.78 is 37.1. The van der Waals surface area contributed by atoms with Crippen LogP contribution in [0.25, 0.3) is 0 Å². The maximum absolute atomic E-state index is 12.4. The predicted octanol–water partition coefficient (Wildman–Crippen LogP) is 1.11. The second-order valence-electron chi connectivity index (χ2n) is 6.91. The van der Waals surface area contributed by atoms with Crippen molar-refractivity contribution in [3.05, 3.63) is 66.6 Å². The highest BCUT2D eigenvalue weighted by atomic mass is 32.2. The Balaban J connectivity index is 1.45. The Morgan fingerprint density at radius 2 is 1.88 bits per heavy atom. The van der Waals surface area contributed by atoms with Gasteiger partial charge in [-0.15, -0.1) is 0 Å². The largest absolute Gasteiger partial charge is 0.480 e. The van der Waals surface area contributed by atoms with E-state index in [1.807, 2.05) is 22.9 Å². The maximum Gasteiger partial charge on any atom is 0.323 e. The number of aromatic nitrogens is 2. The van der Waals surface area contributed by atoms with E-state index in [1.54, 1.807) is 12.3 Å². The summed E-state index contributed by atoms with van der Waals surface area (Å²) in [7, 11) is -4.09. The third-order valence-corrected chi connectivity index (χ3v) is 5.86. The second kappa shape index (κ2) is 11.8. The number of ether oxygens (including phenoxy) is 1. The van der Waals surface area contributed by atoms with Crippen LogP contribution in [0, 0.1) is 0 Å². The molecule has 0 saturated carbocycles. The van der Waals surface area contributed by atoms with E-state index < -0.39 is 34.5 Å². The van der Waals surface area contributed by atoms with Crippen molar-refractivity contribution in [3.63, 3.8) is 0 Å². The van der Waals surface area contributed by atoms with E-state index in [1.165, 1.54) is 30.3 Å². The number of benzene rings is 1. The molecule has 1 unspecified atom stereocenters. The fraction of sp³-hybridized carbons (Fsp3) is 0.238. The first kappa shape index (κ1) is 24.7. The van der Waals surface area contributed by atoms with Crippen molar-refractivity contribution in [2.75, 3.05) is 25.0 Å². The number of nitrogens with one attached hydrogen (secondary N) is 3. The first-order valence-electron chi connectivity index (χ1n) is 10.2. The van der Waals surface area contributed by atoms with E-state index in [0.717, 1.165) is 5.82 Å². The minimum absolute atomic E-state index is 0.0857. The Morgan fingerprint density at radius 3 is 2.59 bits per heavy atom. The van der Waals surface area contributed by atoms with Gasteiger partial charge in [0.1, 0.15) is 11.9 Å². The number of sulfonamides is 1. The number of carboxylic acids is 1. The molecule has 1 aromatic carbocycles. The normalized spacial score (nSPS) is 12.0. The van der Waals surface area contributed by atoms with Crippen LogP contribution in [0.1, 0.15) is 17.0 Å². The van der Waals surface area contributed by atoms with Gasteiger partial charge in [0.15, 0.2) is 0 Å². The molecule has 0 radical (unpaired) electrons. The Hall–Kier alpha value is -3.97. The summed E-state index contributed by atoms with van der Waals surface area (Å²) in [5, 5.41) is 18.4. The molecule has 0 saturated heterocycles. The highest BCUT2D eigenvalue weighted by Crippen LogP contribution is 2.12. The topological polar surface area (TPSA) is 173 Å². The van der Waals surface area contributed by atoms with Gasteiger partial charge in [0, 0.05) is 19.3 Å². The summed E-state index contributed by atoms with van der Waals surface area (Å²) in [6.45, 7) is 0.393. The van der Waals surface area contributed by atoms with E-state index in [-0.39, 0.29) is 16.5 Å². The van der Waals surface area contributed by atoms with Crippen LogP contribution in [0.15, 0.2) is 70.2 Å². The molecule has 2 aromatic heterocycles. The minimum Gasteiger partial charge on any atom is -0.480 e. The van der Waals surface area contributed by atoms with Gasteiger partial charge in [-0.3, -0.25) is 9.59 Å². The number of carbonyl (C=O) groups excluding carboxylic acids is 1. The van der Waals surface area contributed by atoms with Crippen LogP contribution < -0.4 is 20.1 Å². The van der Waals surface area contributed by atoms with Crippen LogP contribution in [0.4, 0.5) is 5.82 Å². The highest BCUT2D eigenvalue weighted by Gasteiger charge is 2.26. The van der Waals surface area contributed by atoms with Crippen molar-refractivity contribution >= 4 is 27.7 Å². The molecule has 180 valence electrons. The third kappa shape index (κ3) is 7.28. The van der Waals surface area contributed by atoms with Gasteiger partial charge < -0.3 is 25.0 Å². The molecular formula is C21H23N5O7S. The molecule has 0 aliphatic carbocycles. The van der Waals surface area contributed by atoms with Crippen LogP contribution in [-0.2, 0) is 14.8 Å². The van der Waals surface area contributed by atoms with E-state index in [9.17, 15) is 23.1 Å². The standard InChI is InChI=1S/C21H23N5O7S/c27-20(24-14-16(21(28)29)26-34(30,31)15-7-2-1-3-8-15)17-13-19(25-33-17)32-12-6-11-23-18-9-4-5-10-22-18/h1-5,7-10,13,16,26H,6,11-12,14H2,(H,22,23)(H,24,27)(H,28,29). The van der Waals surface area contributed by atoms with Crippen molar-refractivity contribution < 1.29 is 32.4 Å². The minimum atomic E-state index is -4.09. The molecule has 0 aliphatic heterocycles. The second-order valence-corrected chi connectivity index (χ2v) is 8.62. The molecule has 13 heteroatoms. The molecule has 0 spiro atoms. The predicted molar refractivity (Wildman–Crippen MR) is 120 cm³/mol. The van der Waals surface area contributed by atoms with Crippen molar-refractivity contribution in [2.45, 2.75) is 17.4 Å². The molecule has 34 heavy (non-hydrogen) atoms. The van der Waals surface area contributed by atoms with Gasteiger partial charge in [-0.05, 0) is 35.8 Å². The van der Waals surface area contributed by atoms with Gasteiger partial charge in [-0.1, -0.05) is 24.3 Å². The quantitative estimate of drug-likeness (QED) is 0.255. The number of hydrogen-bond acceptors (Lipinski definition) is 9. The smallest absolute Gasteiger partial charge is 0.323 e. The van der Waals surface area contributed by atoms with Gasteiger partial charge in [-0.2, -0.15) is 4.72 Å². The Kier molecular flexibility index (Phi) is 8.54. The van der Waals surface area contributed by atoms with E-state index in [2.05, 4.69) is 20.8 Å². The fourth-order valence-corrected chi connectivity index (χ4v) is 3.89. The van der Waals surface area contributed by atoms with Crippen molar-refractivity contribution in [1.29, 1.82) is 0 Å². The molecular weight excluding hydrogens is 466 g/mol. The molecule has 1 atom stereocenters. The summed E-state index contributed by atoms with van der Waals surface area (Å²) >= 11 is 0. The molecule has 3 aromatic rings. The summed E-state index contributed by atoms with van der Waals surface area (Å²) in [5.74, 6) is -1.61. The van der Waals surface area contributed by atoms with Gasteiger partial charge in [0.2, 0.25) is 15.8 Å². The average Bonchev–Trinajstić information content (AvgIpc) is 3.31. The van der Waals surface area contributed by atoms with Gasteiger partial charge in [-0.25, -0.2) is 13.4 Å². The lowest BCUT2D eigenvalue weighted by Crippen LogP contribution is -2.48. The zero-order chi connectivity index (χ0) is 24.4. The average molecular weight is 490 g/mol. The monoisotopic (exact) mass is 489 g/mol. The summed E-state index contributed by atoms with van der Waals surface area (Å²) in [6, 6.07) is 12.5. The van der Waals surface area contributed by atoms with Gasteiger partial charge >= 0.3 is 5.97 Å². The van der Waals surface area contributed by atoms with Crippen LogP contribution in [0.5, 0.6) is 5.88 Å². The molecule has 4 N–H and O–H groups in total. The van der Waals surface area contributed by atoms with E-state index in [0.29, 0.717) is 19.6 Å². The van der Waals surface area contributed by atoms with Crippen molar-refractivity contribution in [2.24, 2.45) is 0 Å². The first-order valence-corrected chi connectivity index (χ1v) is 11.7. The third-order valence-electron chi connectivity index (χ3n) is 4.37. The summed E-state index contributed by atoms with van der Waals surface area (Å²) in [5.41, 5.74) is 0. The number of amides is 1. The summed E-state index contributed by atoms with van der Waals surface area (Å²) in [4.78, 5) is 27.8. The Labute approximate surface area is 195 Å². The lowest BCUT2D eigenvalue weighted by Gasteiger charge is -2.15. The SMILES string of the molecule is O=C(NCC(NS(=O)(=O)c1ccccc1)C(=O)O)c1cc(OCCCNc2ccccn2)no1. The van der Waals surface area contributed by atoms with E-state index >= 15 is 0 Å². The zero-order valence-electron chi connectivity index (χ0n) is 17.9. The Morgan fingerprint density at radius 1 is 1.12 bits per heavy atom. The van der Waals surface area contributed by atoms with Crippen LogP contribution in [0.2, 0.25) is 0 Å². The van der Waals surface area contributed by atoms with Crippen LogP contribution in [0.3, 0.4) is 0 Å². The number of hydrogen-bond donors (Lipinski definition) is 4. The van der Waals surface area contributed by atoms with Gasteiger partial charge in [0.05, 0.1) is 17.6 Å². The number of anilines is 1. The lowest BCUT2D eigenvalue weighted by molar-refractivity contribution is -0.138. The fourth-order valence-electron chi connectivity index (χ4n) is 2.68. The molecule has 0 fully saturated rings. The Bertz CT molecular complexity index is 1190. The first-order chi connectivity index (χ1) is 16.3. The maximum atomic E-state index is 12.4. The van der Waals surface area contributed by atoms with E-state index in [4.69, 9.17) is 9.26 Å². The van der Waals surface area contributed by atoms with Crippen molar-refractivity contribution in [3.8, 4) is 5.88 Å². The molecule has 1 amide bonds. The van der Waals surface area contributed by atoms with Gasteiger partial charge in [0.25, 0.3) is 11.8 Å². The number of nitrogens with zero attached hydrogens (tertiary/aromatic N) is 2. The highest BCUT2D eigenvalue weighted by molar-refractivity contribution is 7.89. The van der Waals surface area contributed by atoms with Crippen molar-refractivity contribution in [1.82, 2.24) is 20.2 Å².